The summed E-state index contributed by atoms with van der Waals surface area (Å²) in [4.78, 5) is 8.65. The standard InChI is InChI=1S/C18H19FN4O2/c1-3-24-16-8-7-15(21-11-16)10-20-12(2)18-22-17(23-25-18)13-5-4-6-14(19)9-13/h4-9,11-12,20H,3,10H2,1-2H3. The van der Waals surface area contributed by atoms with Gasteiger partial charge in [0, 0.05) is 12.1 Å². The second-order valence-corrected chi connectivity index (χ2v) is 5.49. The smallest absolute Gasteiger partial charge is 0.243 e. The lowest BCUT2D eigenvalue weighted by Gasteiger charge is -2.09. The van der Waals surface area contributed by atoms with Crippen LogP contribution < -0.4 is 10.1 Å². The van der Waals surface area contributed by atoms with Gasteiger partial charge in [-0.25, -0.2) is 4.39 Å². The maximum absolute atomic E-state index is 13.3. The first kappa shape index (κ1) is 17.0. The maximum atomic E-state index is 13.3. The highest BCUT2D eigenvalue weighted by molar-refractivity contribution is 5.53. The highest BCUT2D eigenvalue weighted by atomic mass is 19.1. The monoisotopic (exact) mass is 342 g/mol. The van der Waals surface area contributed by atoms with Gasteiger partial charge in [0.2, 0.25) is 11.7 Å². The Hall–Kier alpha value is -2.80. The third kappa shape index (κ3) is 4.39. The van der Waals surface area contributed by atoms with Gasteiger partial charge < -0.3 is 14.6 Å². The first-order valence-electron chi connectivity index (χ1n) is 8.06. The average molecular weight is 342 g/mol. The summed E-state index contributed by atoms with van der Waals surface area (Å²) in [7, 11) is 0. The molecule has 7 heteroatoms. The Balaban J connectivity index is 1.61. The van der Waals surface area contributed by atoms with Gasteiger partial charge >= 0.3 is 0 Å². The molecule has 0 aliphatic carbocycles. The fourth-order valence-corrected chi connectivity index (χ4v) is 2.27. The molecule has 0 radical (unpaired) electrons. The minimum Gasteiger partial charge on any atom is -0.492 e. The van der Waals surface area contributed by atoms with Gasteiger partial charge in [-0.1, -0.05) is 17.3 Å². The van der Waals surface area contributed by atoms with Crippen LogP contribution in [0.4, 0.5) is 4.39 Å². The van der Waals surface area contributed by atoms with Crippen molar-refractivity contribution in [3.63, 3.8) is 0 Å². The molecule has 1 atom stereocenters. The van der Waals surface area contributed by atoms with Crippen molar-refractivity contribution in [2.75, 3.05) is 6.61 Å². The molecule has 0 aliphatic rings. The summed E-state index contributed by atoms with van der Waals surface area (Å²) in [6.07, 6.45) is 1.69. The zero-order valence-electron chi connectivity index (χ0n) is 14.1. The van der Waals surface area contributed by atoms with Gasteiger partial charge in [0.05, 0.1) is 24.5 Å². The summed E-state index contributed by atoms with van der Waals surface area (Å²) in [5.41, 5.74) is 1.45. The van der Waals surface area contributed by atoms with Crippen molar-refractivity contribution < 1.29 is 13.7 Å². The van der Waals surface area contributed by atoms with E-state index >= 15 is 0 Å². The van der Waals surface area contributed by atoms with Crippen molar-refractivity contribution >= 4 is 0 Å². The molecular weight excluding hydrogens is 323 g/mol. The van der Waals surface area contributed by atoms with Gasteiger partial charge in [-0.2, -0.15) is 4.98 Å². The molecular formula is C18H19FN4O2. The second kappa shape index (κ2) is 7.85. The Morgan fingerprint density at radius 2 is 2.16 bits per heavy atom. The summed E-state index contributed by atoms with van der Waals surface area (Å²) in [6.45, 7) is 5.00. The molecule has 0 amide bonds. The van der Waals surface area contributed by atoms with E-state index in [0.717, 1.165) is 11.4 Å². The number of hydrogen-bond acceptors (Lipinski definition) is 6. The van der Waals surface area contributed by atoms with E-state index in [4.69, 9.17) is 9.26 Å². The van der Waals surface area contributed by atoms with E-state index in [1.54, 1.807) is 18.3 Å². The third-order valence-corrected chi connectivity index (χ3v) is 3.59. The van der Waals surface area contributed by atoms with E-state index in [2.05, 4.69) is 20.4 Å². The molecule has 0 spiro atoms. The average Bonchev–Trinajstić information content (AvgIpc) is 3.11. The summed E-state index contributed by atoms with van der Waals surface area (Å²) in [5.74, 6) is 1.21. The van der Waals surface area contributed by atoms with Crippen molar-refractivity contribution in [2.45, 2.75) is 26.4 Å². The van der Waals surface area contributed by atoms with Crippen LogP contribution in [0.15, 0.2) is 47.1 Å². The lowest BCUT2D eigenvalue weighted by molar-refractivity contribution is 0.335. The number of nitrogens with zero attached hydrogens (tertiary/aromatic N) is 3. The highest BCUT2D eigenvalue weighted by Crippen LogP contribution is 2.19. The number of halogens is 1. The van der Waals surface area contributed by atoms with Crippen LogP contribution in [-0.4, -0.2) is 21.7 Å². The second-order valence-electron chi connectivity index (χ2n) is 5.49. The predicted octanol–water partition coefficient (Wildman–Crippen LogP) is 3.52. The van der Waals surface area contributed by atoms with Crippen LogP contribution in [-0.2, 0) is 6.54 Å². The molecule has 0 saturated carbocycles. The van der Waals surface area contributed by atoms with Crippen LogP contribution in [0.2, 0.25) is 0 Å². The molecule has 1 unspecified atom stereocenters. The Morgan fingerprint density at radius 1 is 1.28 bits per heavy atom. The third-order valence-electron chi connectivity index (χ3n) is 3.59. The molecule has 2 aromatic heterocycles. The van der Waals surface area contributed by atoms with Crippen LogP contribution in [0.25, 0.3) is 11.4 Å². The summed E-state index contributed by atoms with van der Waals surface area (Å²) < 4.78 is 23.9. The van der Waals surface area contributed by atoms with Crippen molar-refractivity contribution in [1.82, 2.24) is 20.4 Å². The lowest BCUT2D eigenvalue weighted by Crippen LogP contribution is -2.19. The quantitative estimate of drug-likeness (QED) is 0.708. The number of rotatable bonds is 7. The van der Waals surface area contributed by atoms with Crippen LogP contribution in [0.5, 0.6) is 5.75 Å². The molecule has 6 nitrogen and oxygen atoms in total. The van der Waals surface area contributed by atoms with Gasteiger partial charge in [0.25, 0.3) is 0 Å². The molecule has 0 bridgehead atoms. The minimum atomic E-state index is -0.336. The molecule has 130 valence electrons. The number of benzene rings is 1. The van der Waals surface area contributed by atoms with Gasteiger partial charge in [-0.3, -0.25) is 4.98 Å². The largest absolute Gasteiger partial charge is 0.492 e. The SMILES string of the molecule is CCOc1ccc(CNC(C)c2nc(-c3cccc(F)c3)no2)nc1. The number of pyridine rings is 1. The number of aromatic nitrogens is 3. The van der Waals surface area contributed by atoms with E-state index in [-0.39, 0.29) is 11.9 Å². The van der Waals surface area contributed by atoms with E-state index in [0.29, 0.717) is 30.4 Å². The highest BCUT2D eigenvalue weighted by Gasteiger charge is 2.15. The molecule has 25 heavy (non-hydrogen) atoms. The number of nitrogens with one attached hydrogen (secondary N) is 1. The van der Waals surface area contributed by atoms with Crippen molar-refractivity contribution in [2.24, 2.45) is 0 Å². The Morgan fingerprint density at radius 3 is 2.88 bits per heavy atom. The predicted molar refractivity (Wildman–Crippen MR) is 90.4 cm³/mol. The molecule has 3 rings (SSSR count). The Labute approximate surface area is 145 Å². The zero-order valence-corrected chi connectivity index (χ0v) is 14.1. The fraction of sp³-hybridized carbons (Fsp3) is 0.278. The van der Waals surface area contributed by atoms with Crippen LogP contribution in [0.3, 0.4) is 0 Å². The molecule has 0 saturated heterocycles. The lowest BCUT2D eigenvalue weighted by atomic mass is 10.2. The topological polar surface area (TPSA) is 73.1 Å². The van der Waals surface area contributed by atoms with Crippen molar-refractivity contribution in [3.05, 3.63) is 60.0 Å². The van der Waals surface area contributed by atoms with E-state index in [1.807, 2.05) is 26.0 Å². The van der Waals surface area contributed by atoms with Crippen LogP contribution in [0.1, 0.15) is 31.5 Å². The molecule has 3 aromatic rings. The number of hydrogen-bond donors (Lipinski definition) is 1. The molecule has 0 aliphatic heterocycles. The minimum absolute atomic E-state index is 0.164. The summed E-state index contributed by atoms with van der Waals surface area (Å²) >= 11 is 0. The van der Waals surface area contributed by atoms with Gasteiger partial charge in [-0.15, -0.1) is 0 Å². The van der Waals surface area contributed by atoms with Crippen molar-refractivity contribution in [1.29, 1.82) is 0 Å². The first-order chi connectivity index (χ1) is 12.2. The van der Waals surface area contributed by atoms with Crippen LogP contribution in [0, 0.1) is 5.82 Å². The fourth-order valence-electron chi connectivity index (χ4n) is 2.27. The summed E-state index contributed by atoms with van der Waals surface area (Å²) in [5, 5.41) is 7.18. The van der Waals surface area contributed by atoms with Crippen LogP contribution >= 0.6 is 0 Å². The van der Waals surface area contributed by atoms with E-state index in [9.17, 15) is 4.39 Å². The van der Waals surface area contributed by atoms with E-state index < -0.39 is 0 Å². The molecule has 1 N–H and O–H groups in total. The summed E-state index contributed by atoms with van der Waals surface area (Å²) in [6, 6.07) is 9.71. The Kier molecular flexibility index (Phi) is 5.35. The molecule has 0 fully saturated rings. The normalized spacial score (nSPS) is 12.1. The van der Waals surface area contributed by atoms with E-state index in [1.165, 1.54) is 12.1 Å². The Bertz CT molecular complexity index is 820. The number of ether oxygens (including phenoxy) is 1. The first-order valence-corrected chi connectivity index (χ1v) is 8.06. The maximum Gasteiger partial charge on any atom is 0.243 e. The van der Waals surface area contributed by atoms with Gasteiger partial charge in [0.1, 0.15) is 11.6 Å². The zero-order chi connectivity index (χ0) is 17.6. The van der Waals surface area contributed by atoms with Gasteiger partial charge in [-0.05, 0) is 38.1 Å². The molecule has 2 heterocycles. The van der Waals surface area contributed by atoms with Gasteiger partial charge in [0.15, 0.2) is 0 Å². The van der Waals surface area contributed by atoms with Crippen molar-refractivity contribution in [3.8, 4) is 17.1 Å². The molecule has 1 aromatic carbocycles.